The maximum atomic E-state index is 11.8. The van der Waals surface area contributed by atoms with Gasteiger partial charge < -0.3 is 4.74 Å². The zero-order valence-corrected chi connectivity index (χ0v) is 15.0. The predicted octanol–water partition coefficient (Wildman–Crippen LogP) is 2.98. The number of likely N-dealkylation sites (tertiary alicyclic amines) is 1. The van der Waals surface area contributed by atoms with Crippen molar-refractivity contribution < 1.29 is 8.95 Å². The zero-order chi connectivity index (χ0) is 16.6. The van der Waals surface area contributed by atoms with Crippen LogP contribution in [0, 0.1) is 5.41 Å². The van der Waals surface area contributed by atoms with E-state index in [1.807, 2.05) is 18.3 Å². The van der Waals surface area contributed by atoms with Crippen LogP contribution in [0.2, 0.25) is 0 Å². The summed E-state index contributed by atoms with van der Waals surface area (Å²) in [6, 6.07) is 8.25. The lowest BCUT2D eigenvalue weighted by atomic mass is 9.78. The van der Waals surface area contributed by atoms with Gasteiger partial charge in [-0.3, -0.25) is 14.1 Å². The SMILES string of the molecule is COc1ccc2c(CN3CCC4(CC3)CCS(=O)C4)ccnc2c1. The molecule has 1 spiro atoms. The molecule has 2 saturated heterocycles. The van der Waals surface area contributed by atoms with Crippen LogP contribution >= 0.6 is 0 Å². The Balaban J connectivity index is 1.48. The third-order valence-corrected chi connectivity index (χ3v) is 7.27. The Morgan fingerprint density at radius 2 is 2.08 bits per heavy atom. The van der Waals surface area contributed by atoms with Crippen molar-refractivity contribution in [2.75, 3.05) is 31.7 Å². The first-order chi connectivity index (χ1) is 11.7. The summed E-state index contributed by atoms with van der Waals surface area (Å²) in [5.74, 6) is 2.69. The van der Waals surface area contributed by atoms with E-state index in [9.17, 15) is 4.21 Å². The average molecular weight is 344 g/mol. The lowest BCUT2D eigenvalue weighted by Crippen LogP contribution is -2.40. The summed E-state index contributed by atoms with van der Waals surface area (Å²) in [7, 11) is 1.12. The first-order valence-corrected chi connectivity index (χ1v) is 10.2. The van der Waals surface area contributed by atoms with Gasteiger partial charge in [0.1, 0.15) is 5.75 Å². The highest BCUT2D eigenvalue weighted by molar-refractivity contribution is 7.85. The topological polar surface area (TPSA) is 42.4 Å². The minimum absolute atomic E-state index is 0.370. The molecule has 24 heavy (non-hydrogen) atoms. The first kappa shape index (κ1) is 16.0. The lowest BCUT2D eigenvalue weighted by Gasteiger charge is -2.38. The van der Waals surface area contributed by atoms with Crippen LogP contribution in [0.4, 0.5) is 0 Å². The Labute approximate surface area is 145 Å². The average Bonchev–Trinajstić information content (AvgIpc) is 2.97. The number of nitrogens with zero attached hydrogens (tertiary/aromatic N) is 2. The number of fused-ring (bicyclic) bond motifs is 1. The fourth-order valence-electron chi connectivity index (χ4n) is 4.09. The quantitative estimate of drug-likeness (QED) is 0.858. The first-order valence-electron chi connectivity index (χ1n) is 8.66. The van der Waals surface area contributed by atoms with Crippen molar-refractivity contribution in [3.8, 4) is 5.75 Å². The maximum Gasteiger partial charge on any atom is 0.121 e. The number of rotatable bonds is 3. The van der Waals surface area contributed by atoms with Crippen molar-refractivity contribution in [3.63, 3.8) is 0 Å². The van der Waals surface area contributed by atoms with E-state index in [0.717, 1.165) is 48.8 Å². The Hall–Kier alpha value is -1.46. The van der Waals surface area contributed by atoms with Crippen LogP contribution in [0.25, 0.3) is 10.9 Å². The summed E-state index contributed by atoms with van der Waals surface area (Å²) < 4.78 is 17.1. The predicted molar refractivity (Wildman–Crippen MR) is 97.7 cm³/mol. The van der Waals surface area contributed by atoms with Gasteiger partial charge in [0.05, 0.1) is 12.6 Å². The Morgan fingerprint density at radius 1 is 1.25 bits per heavy atom. The molecule has 2 aliphatic rings. The number of pyridine rings is 1. The molecular formula is C19H24N2O2S. The fraction of sp³-hybridized carbons (Fsp3) is 0.526. The molecule has 0 aliphatic carbocycles. The van der Waals surface area contributed by atoms with Crippen molar-refractivity contribution in [1.29, 1.82) is 0 Å². The molecule has 1 unspecified atom stereocenters. The van der Waals surface area contributed by atoms with E-state index in [2.05, 4.69) is 22.0 Å². The molecule has 3 heterocycles. The van der Waals surface area contributed by atoms with E-state index >= 15 is 0 Å². The number of ether oxygens (including phenoxy) is 1. The normalized spacial score (nSPS) is 23.8. The number of piperidine rings is 1. The fourth-order valence-corrected chi connectivity index (χ4v) is 6.01. The molecule has 4 nitrogen and oxygen atoms in total. The van der Waals surface area contributed by atoms with Crippen molar-refractivity contribution in [2.45, 2.75) is 25.8 Å². The molecule has 2 aromatic rings. The van der Waals surface area contributed by atoms with Gasteiger partial charge in [-0.15, -0.1) is 0 Å². The van der Waals surface area contributed by atoms with Crippen LogP contribution in [0.5, 0.6) is 5.75 Å². The molecule has 2 fully saturated rings. The molecule has 0 radical (unpaired) electrons. The van der Waals surface area contributed by atoms with Crippen LogP contribution in [0.15, 0.2) is 30.5 Å². The van der Waals surface area contributed by atoms with Crippen LogP contribution in [0.1, 0.15) is 24.8 Å². The van der Waals surface area contributed by atoms with Gasteiger partial charge in [-0.05, 0) is 61.5 Å². The monoisotopic (exact) mass is 344 g/mol. The Kier molecular flexibility index (Phi) is 4.31. The molecule has 1 aromatic heterocycles. The highest BCUT2D eigenvalue weighted by Gasteiger charge is 2.40. The van der Waals surface area contributed by atoms with Crippen LogP contribution in [-0.4, -0.2) is 45.8 Å². The standard InChI is InChI=1S/C19H24N2O2S/c1-23-16-2-3-17-15(4-8-20-18(17)12-16)13-21-9-5-19(6-10-21)7-11-24(22)14-19/h2-4,8,12H,5-7,9-11,13-14H2,1H3. The summed E-state index contributed by atoms with van der Waals surface area (Å²) in [5.41, 5.74) is 2.69. The van der Waals surface area contributed by atoms with Crippen molar-refractivity contribution in [2.24, 2.45) is 5.41 Å². The molecule has 5 heteroatoms. The molecular weight excluding hydrogens is 320 g/mol. The summed E-state index contributed by atoms with van der Waals surface area (Å²) in [5, 5.41) is 1.21. The number of aromatic nitrogens is 1. The third-order valence-electron chi connectivity index (χ3n) is 5.68. The van der Waals surface area contributed by atoms with E-state index in [-0.39, 0.29) is 0 Å². The molecule has 0 amide bonds. The molecule has 4 rings (SSSR count). The van der Waals surface area contributed by atoms with E-state index in [0.29, 0.717) is 5.41 Å². The van der Waals surface area contributed by atoms with Crippen molar-refractivity contribution in [1.82, 2.24) is 9.88 Å². The maximum absolute atomic E-state index is 11.8. The molecule has 0 N–H and O–H groups in total. The highest BCUT2D eigenvalue weighted by atomic mass is 32.2. The second kappa shape index (κ2) is 6.45. The summed E-state index contributed by atoms with van der Waals surface area (Å²) in [6.45, 7) is 3.18. The number of hydrogen-bond donors (Lipinski definition) is 0. The molecule has 128 valence electrons. The highest BCUT2D eigenvalue weighted by Crippen LogP contribution is 2.40. The van der Waals surface area contributed by atoms with Gasteiger partial charge in [0.25, 0.3) is 0 Å². The minimum Gasteiger partial charge on any atom is -0.497 e. The summed E-state index contributed by atoms with van der Waals surface area (Å²) >= 11 is 0. The smallest absolute Gasteiger partial charge is 0.121 e. The van der Waals surface area contributed by atoms with E-state index < -0.39 is 10.8 Å². The van der Waals surface area contributed by atoms with Gasteiger partial charge in [0, 0.05) is 46.5 Å². The third kappa shape index (κ3) is 3.07. The summed E-state index contributed by atoms with van der Waals surface area (Å²) in [6.07, 6.45) is 5.43. The van der Waals surface area contributed by atoms with Crippen molar-refractivity contribution >= 4 is 21.7 Å². The molecule has 1 atom stereocenters. The molecule has 1 aromatic carbocycles. The van der Waals surface area contributed by atoms with Gasteiger partial charge in [0.15, 0.2) is 0 Å². The van der Waals surface area contributed by atoms with Crippen LogP contribution < -0.4 is 4.74 Å². The van der Waals surface area contributed by atoms with Gasteiger partial charge >= 0.3 is 0 Å². The largest absolute Gasteiger partial charge is 0.497 e. The van der Waals surface area contributed by atoms with Crippen LogP contribution in [-0.2, 0) is 17.3 Å². The van der Waals surface area contributed by atoms with Crippen molar-refractivity contribution in [3.05, 3.63) is 36.0 Å². The van der Waals surface area contributed by atoms with Crippen LogP contribution in [0.3, 0.4) is 0 Å². The lowest BCUT2D eigenvalue weighted by molar-refractivity contribution is 0.118. The molecule has 0 saturated carbocycles. The van der Waals surface area contributed by atoms with Gasteiger partial charge in [-0.1, -0.05) is 0 Å². The second-order valence-corrected chi connectivity index (χ2v) is 8.74. The number of hydrogen-bond acceptors (Lipinski definition) is 4. The Bertz CT molecular complexity index is 769. The van der Waals surface area contributed by atoms with Gasteiger partial charge in [0.2, 0.25) is 0 Å². The van der Waals surface area contributed by atoms with Gasteiger partial charge in [-0.2, -0.15) is 0 Å². The van der Waals surface area contributed by atoms with E-state index in [1.54, 1.807) is 7.11 Å². The summed E-state index contributed by atoms with van der Waals surface area (Å²) in [4.78, 5) is 7.01. The molecule has 0 bridgehead atoms. The zero-order valence-electron chi connectivity index (χ0n) is 14.2. The van der Waals surface area contributed by atoms with E-state index in [4.69, 9.17) is 4.74 Å². The van der Waals surface area contributed by atoms with E-state index in [1.165, 1.54) is 23.8 Å². The molecule has 2 aliphatic heterocycles. The second-order valence-electron chi connectivity index (χ2n) is 7.17. The minimum atomic E-state index is -0.569. The number of benzene rings is 1. The Morgan fingerprint density at radius 3 is 2.79 bits per heavy atom. The number of methoxy groups -OCH3 is 1. The van der Waals surface area contributed by atoms with Gasteiger partial charge in [-0.25, -0.2) is 0 Å².